The monoisotopic (exact) mass is 321 g/mol. The van der Waals surface area contributed by atoms with E-state index >= 15 is 0 Å². The summed E-state index contributed by atoms with van der Waals surface area (Å²) in [5, 5.41) is 7.75. The molecular formula is C15H16ClN3OS. The van der Waals surface area contributed by atoms with Crippen LogP contribution in [0.1, 0.15) is 16.8 Å². The number of H-pyrrole nitrogens is 1. The third-order valence-electron chi connectivity index (χ3n) is 3.54. The second kappa shape index (κ2) is 6.54. The first-order valence-electron chi connectivity index (χ1n) is 6.83. The van der Waals surface area contributed by atoms with Crippen LogP contribution in [0.15, 0.2) is 30.5 Å². The van der Waals surface area contributed by atoms with Crippen molar-refractivity contribution < 1.29 is 4.79 Å². The van der Waals surface area contributed by atoms with Crippen molar-refractivity contribution in [2.45, 2.75) is 18.7 Å². The minimum Gasteiger partial charge on any atom is -0.337 e. The molecule has 2 heterocycles. The summed E-state index contributed by atoms with van der Waals surface area (Å²) in [4.78, 5) is 14.1. The number of carbonyl (C=O) groups is 1. The van der Waals surface area contributed by atoms with Gasteiger partial charge in [0.2, 0.25) is 5.91 Å². The zero-order valence-electron chi connectivity index (χ0n) is 11.5. The molecule has 1 aliphatic heterocycles. The number of benzene rings is 1. The molecule has 0 spiro atoms. The Hall–Kier alpha value is -1.46. The largest absolute Gasteiger partial charge is 0.337 e. The van der Waals surface area contributed by atoms with E-state index in [2.05, 4.69) is 10.2 Å². The Kier molecular flexibility index (Phi) is 4.51. The predicted octanol–water partition coefficient (Wildman–Crippen LogP) is 2.88. The van der Waals surface area contributed by atoms with Gasteiger partial charge in [-0.15, -0.1) is 11.8 Å². The molecular weight excluding hydrogens is 306 g/mol. The van der Waals surface area contributed by atoms with Crippen LogP contribution in [-0.2, 0) is 23.5 Å². The Morgan fingerprint density at radius 3 is 3.24 bits per heavy atom. The molecule has 0 bridgehead atoms. The van der Waals surface area contributed by atoms with Gasteiger partial charge in [0, 0.05) is 41.5 Å². The second-order valence-corrected chi connectivity index (χ2v) is 6.48. The van der Waals surface area contributed by atoms with E-state index in [-0.39, 0.29) is 5.91 Å². The molecule has 0 aliphatic carbocycles. The molecule has 21 heavy (non-hydrogen) atoms. The molecule has 1 aliphatic rings. The Labute approximate surface area is 132 Å². The van der Waals surface area contributed by atoms with E-state index in [0.29, 0.717) is 12.3 Å². The highest BCUT2D eigenvalue weighted by Gasteiger charge is 2.21. The molecule has 0 unspecified atom stereocenters. The number of hydrogen-bond donors (Lipinski definition) is 1. The number of aromatic nitrogens is 2. The van der Waals surface area contributed by atoms with Gasteiger partial charge in [-0.05, 0) is 17.7 Å². The van der Waals surface area contributed by atoms with Gasteiger partial charge in [-0.1, -0.05) is 23.7 Å². The molecule has 4 nitrogen and oxygen atoms in total. The van der Waals surface area contributed by atoms with Crippen LogP contribution >= 0.6 is 23.4 Å². The lowest BCUT2D eigenvalue weighted by molar-refractivity contribution is -0.129. The first-order valence-corrected chi connectivity index (χ1v) is 8.37. The van der Waals surface area contributed by atoms with Crippen LogP contribution in [0.25, 0.3) is 0 Å². The maximum Gasteiger partial charge on any atom is 0.232 e. The Bertz CT molecular complexity index is 643. The number of hydrogen-bond acceptors (Lipinski definition) is 3. The van der Waals surface area contributed by atoms with Crippen LogP contribution in [0.5, 0.6) is 0 Å². The van der Waals surface area contributed by atoms with Gasteiger partial charge in [-0.2, -0.15) is 5.10 Å². The lowest BCUT2D eigenvalue weighted by Gasteiger charge is -2.26. The van der Waals surface area contributed by atoms with Crippen LogP contribution in [0.2, 0.25) is 5.02 Å². The van der Waals surface area contributed by atoms with Crippen molar-refractivity contribution in [3.05, 3.63) is 52.3 Å². The molecule has 2 aromatic rings. The molecule has 0 saturated carbocycles. The maximum atomic E-state index is 12.2. The number of amides is 1. The summed E-state index contributed by atoms with van der Waals surface area (Å²) in [6, 6.07) is 7.77. The minimum absolute atomic E-state index is 0.189. The molecule has 0 fully saturated rings. The summed E-state index contributed by atoms with van der Waals surface area (Å²) in [6.07, 6.45) is 2.67. The van der Waals surface area contributed by atoms with Gasteiger partial charge >= 0.3 is 0 Å². The van der Waals surface area contributed by atoms with E-state index in [1.54, 1.807) is 11.8 Å². The average Bonchev–Trinajstić information content (AvgIpc) is 2.94. The summed E-state index contributed by atoms with van der Waals surface area (Å²) >= 11 is 7.58. The summed E-state index contributed by atoms with van der Waals surface area (Å²) in [7, 11) is 0. The third-order valence-corrected chi connectivity index (χ3v) is 4.76. The fourth-order valence-electron chi connectivity index (χ4n) is 2.41. The second-order valence-electron chi connectivity index (χ2n) is 5.06. The number of carbonyl (C=O) groups excluding carboxylic acids is 1. The van der Waals surface area contributed by atoms with E-state index in [0.717, 1.165) is 40.6 Å². The lowest BCUT2D eigenvalue weighted by atomic mass is 10.1. The van der Waals surface area contributed by atoms with Gasteiger partial charge in [-0.25, -0.2) is 0 Å². The first-order chi connectivity index (χ1) is 10.2. The van der Waals surface area contributed by atoms with Crippen molar-refractivity contribution in [3.8, 4) is 0 Å². The predicted molar refractivity (Wildman–Crippen MR) is 85.3 cm³/mol. The molecule has 1 aromatic carbocycles. The van der Waals surface area contributed by atoms with Gasteiger partial charge in [0.1, 0.15) is 0 Å². The van der Waals surface area contributed by atoms with Gasteiger partial charge in [0.15, 0.2) is 0 Å². The maximum absolute atomic E-state index is 12.2. The normalized spacial score (nSPS) is 14.0. The molecule has 1 amide bonds. The molecule has 0 radical (unpaired) electrons. The van der Waals surface area contributed by atoms with Crippen LogP contribution in [0, 0.1) is 0 Å². The lowest BCUT2D eigenvalue weighted by Crippen LogP contribution is -2.36. The molecule has 1 aromatic heterocycles. The van der Waals surface area contributed by atoms with Crippen LogP contribution < -0.4 is 0 Å². The summed E-state index contributed by atoms with van der Waals surface area (Å²) in [6.45, 7) is 1.44. The van der Waals surface area contributed by atoms with E-state index in [9.17, 15) is 4.79 Å². The van der Waals surface area contributed by atoms with Gasteiger partial charge < -0.3 is 4.90 Å². The van der Waals surface area contributed by atoms with Crippen molar-refractivity contribution in [1.29, 1.82) is 0 Å². The number of rotatable bonds is 4. The first kappa shape index (κ1) is 14.5. The fourth-order valence-corrected chi connectivity index (χ4v) is 3.50. The number of aromatic amines is 1. The van der Waals surface area contributed by atoms with E-state index in [1.165, 1.54) is 0 Å². The number of fused-ring (bicyclic) bond motifs is 1. The highest BCUT2D eigenvalue weighted by Crippen LogP contribution is 2.19. The van der Waals surface area contributed by atoms with Crippen LogP contribution in [0.3, 0.4) is 0 Å². The van der Waals surface area contributed by atoms with E-state index in [1.807, 2.05) is 35.4 Å². The number of nitrogens with zero attached hydrogens (tertiary/aromatic N) is 2. The highest BCUT2D eigenvalue weighted by molar-refractivity contribution is 7.99. The third kappa shape index (κ3) is 3.60. The van der Waals surface area contributed by atoms with Crippen molar-refractivity contribution in [3.63, 3.8) is 0 Å². The molecule has 0 saturated heterocycles. The topological polar surface area (TPSA) is 49.0 Å². The molecule has 1 N–H and O–H groups in total. The van der Waals surface area contributed by atoms with Crippen molar-refractivity contribution in [2.75, 3.05) is 12.3 Å². The molecule has 0 atom stereocenters. The van der Waals surface area contributed by atoms with Gasteiger partial charge in [-0.3, -0.25) is 9.89 Å². The number of nitrogens with one attached hydrogen (secondary N) is 1. The highest BCUT2D eigenvalue weighted by atomic mass is 35.5. The van der Waals surface area contributed by atoms with Crippen molar-refractivity contribution >= 4 is 29.3 Å². The van der Waals surface area contributed by atoms with Crippen LogP contribution in [-0.4, -0.2) is 33.3 Å². The zero-order valence-corrected chi connectivity index (χ0v) is 13.1. The SMILES string of the molecule is O=C(CSCc1cccc(Cl)c1)N1CCc2[nH]ncc2C1. The Morgan fingerprint density at radius 1 is 1.48 bits per heavy atom. The molecule has 110 valence electrons. The quantitative estimate of drug-likeness (QED) is 0.942. The van der Waals surface area contributed by atoms with Crippen molar-refractivity contribution in [2.24, 2.45) is 0 Å². The Balaban J connectivity index is 1.49. The van der Waals surface area contributed by atoms with E-state index < -0.39 is 0 Å². The van der Waals surface area contributed by atoms with E-state index in [4.69, 9.17) is 11.6 Å². The van der Waals surface area contributed by atoms with Crippen LogP contribution in [0.4, 0.5) is 0 Å². The summed E-state index contributed by atoms with van der Waals surface area (Å²) in [5.74, 6) is 1.49. The van der Waals surface area contributed by atoms with Gasteiger partial charge in [0.25, 0.3) is 0 Å². The fraction of sp³-hybridized carbons (Fsp3) is 0.333. The zero-order chi connectivity index (χ0) is 14.7. The average molecular weight is 322 g/mol. The number of halogens is 1. The number of thioether (sulfide) groups is 1. The summed E-state index contributed by atoms with van der Waals surface area (Å²) in [5.41, 5.74) is 3.44. The smallest absolute Gasteiger partial charge is 0.232 e. The van der Waals surface area contributed by atoms with Crippen molar-refractivity contribution in [1.82, 2.24) is 15.1 Å². The molecule has 3 rings (SSSR count). The van der Waals surface area contributed by atoms with Gasteiger partial charge in [0.05, 0.1) is 11.9 Å². The Morgan fingerprint density at radius 2 is 2.38 bits per heavy atom. The summed E-state index contributed by atoms with van der Waals surface area (Å²) < 4.78 is 0. The minimum atomic E-state index is 0.189. The standard InChI is InChI=1S/C15H16ClN3OS/c16-13-3-1-2-11(6-13)9-21-10-15(20)19-5-4-14-12(8-19)7-17-18-14/h1-3,6-7H,4-5,8-10H2,(H,17,18). The molecule has 6 heteroatoms.